The summed E-state index contributed by atoms with van der Waals surface area (Å²) in [4.78, 5) is 5.85. The lowest BCUT2D eigenvalue weighted by Gasteiger charge is -1.92. The van der Waals surface area contributed by atoms with Gasteiger partial charge in [-0.1, -0.05) is 30.3 Å². The van der Waals surface area contributed by atoms with E-state index in [9.17, 15) is 16.8 Å². The van der Waals surface area contributed by atoms with E-state index in [1.807, 2.05) is 25.1 Å². The van der Waals surface area contributed by atoms with Crippen molar-refractivity contribution in [1.29, 1.82) is 0 Å². The van der Waals surface area contributed by atoms with Gasteiger partial charge in [0.2, 0.25) is 0 Å². The third-order valence-corrected chi connectivity index (χ3v) is 5.99. The summed E-state index contributed by atoms with van der Waals surface area (Å²) >= 11 is 7.48. The molecule has 7 nitrogen and oxygen atoms in total. The number of hydrogen-bond donors (Lipinski definition) is 2. The average molecular weight is 428 g/mol. The van der Waals surface area contributed by atoms with Gasteiger partial charge in [-0.15, -0.1) is 22.9 Å². The van der Waals surface area contributed by atoms with E-state index in [0.29, 0.717) is 5.88 Å². The van der Waals surface area contributed by atoms with E-state index >= 15 is 0 Å². The second-order valence-electron chi connectivity index (χ2n) is 4.90. The first-order chi connectivity index (χ1) is 11.5. The topological polar surface area (TPSA) is 122 Å². The van der Waals surface area contributed by atoms with Crippen LogP contribution < -0.4 is 0 Å². The van der Waals surface area contributed by atoms with E-state index in [0.717, 1.165) is 17.1 Å². The fraction of sp³-hybridized carbons (Fsp3) is 0.357. The minimum absolute atomic E-state index is 0.664. The van der Waals surface area contributed by atoms with Gasteiger partial charge in [-0.05, 0) is 13.3 Å². The van der Waals surface area contributed by atoms with E-state index in [4.69, 9.17) is 20.7 Å². The number of rotatable bonds is 6. The largest absolute Gasteiger partial charge is 0.286 e. The Kier molecular flexibility index (Phi) is 8.45. The van der Waals surface area contributed by atoms with Crippen LogP contribution in [0.1, 0.15) is 10.6 Å². The van der Waals surface area contributed by atoms with Crippen molar-refractivity contribution in [2.75, 3.05) is 17.4 Å². The van der Waals surface area contributed by atoms with Crippen LogP contribution in [0.15, 0.2) is 30.3 Å². The van der Waals surface area contributed by atoms with Crippen molar-refractivity contribution < 1.29 is 25.9 Å². The monoisotopic (exact) mass is 427 g/mol. The zero-order valence-corrected chi connectivity index (χ0v) is 16.5. The number of halogens is 1. The van der Waals surface area contributed by atoms with E-state index < -0.39 is 31.7 Å². The minimum Gasteiger partial charge on any atom is -0.286 e. The van der Waals surface area contributed by atoms with Gasteiger partial charge in [0.1, 0.15) is 5.01 Å². The molecule has 0 atom stereocenters. The number of thiazole rings is 1. The fourth-order valence-corrected chi connectivity index (χ4v) is 4.71. The number of nitrogens with zero attached hydrogens (tertiary/aromatic N) is 1. The average Bonchev–Trinajstić information content (AvgIpc) is 2.87. The third kappa shape index (κ3) is 9.28. The predicted octanol–water partition coefficient (Wildman–Crippen LogP) is 2.66. The van der Waals surface area contributed by atoms with Crippen molar-refractivity contribution in [3.8, 4) is 10.6 Å². The maximum Gasteiger partial charge on any atom is 0.265 e. The molecule has 0 aliphatic heterocycles. The first-order valence-electron chi connectivity index (χ1n) is 7.00. The van der Waals surface area contributed by atoms with Crippen molar-refractivity contribution in [3.63, 3.8) is 0 Å². The van der Waals surface area contributed by atoms with Crippen molar-refractivity contribution >= 4 is 43.2 Å². The van der Waals surface area contributed by atoms with Crippen LogP contribution in [-0.4, -0.2) is 48.3 Å². The Morgan fingerprint density at radius 3 is 2.00 bits per heavy atom. The van der Waals surface area contributed by atoms with E-state index in [1.54, 1.807) is 11.3 Å². The lowest BCUT2D eigenvalue weighted by atomic mass is 10.2. The smallest absolute Gasteiger partial charge is 0.265 e. The molecular weight excluding hydrogens is 410 g/mol. The lowest BCUT2D eigenvalue weighted by Crippen LogP contribution is -2.15. The standard InChI is InChI=1S/C12H12ClNS.C2H6O6S2/c1-9-11(7-8-13)15-12(14-9)10-5-3-2-4-6-10;3-9(4,5)1-2-10(6,7)8/h2-6H,7-8H2,1H3;1-2H2,(H,3,4,5)(H,6,7,8). The summed E-state index contributed by atoms with van der Waals surface area (Å²) in [6, 6.07) is 10.3. The molecule has 1 aromatic carbocycles. The molecule has 0 aliphatic rings. The molecule has 0 saturated heterocycles. The SMILES string of the molecule is Cc1nc(-c2ccccc2)sc1CCCl.O=S(=O)(O)CCS(=O)(=O)O. The van der Waals surface area contributed by atoms with Gasteiger partial charge in [0.05, 0.1) is 17.2 Å². The van der Waals surface area contributed by atoms with E-state index in [2.05, 4.69) is 17.1 Å². The molecule has 0 aliphatic carbocycles. The molecule has 0 fully saturated rings. The minimum atomic E-state index is -4.30. The van der Waals surface area contributed by atoms with Gasteiger partial charge in [-0.3, -0.25) is 9.11 Å². The Hall–Kier alpha value is -1.04. The second-order valence-corrected chi connectivity index (χ2v) is 9.51. The Bertz CT molecular complexity index is 847. The van der Waals surface area contributed by atoms with Gasteiger partial charge < -0.3 is 0 Å². The Morgan fingerprint density at radius 2 is 1.56 bits per heavy atom. The van der Waals surface area contributed by atoms with Gasteiger partial charge in [-0.25, -0.2) is 4.98 Å². The zero-order chi connectivity index (χ0) is 19.1. The summed E-state index contributed by atoms with van der Waals surface area (Å²) in [5, 5.41) is 1.09. The summed E-state index contributed by atoms with van der Waals surface area (Å²) in [5.41, 5.74) is 2.30. The van der Waals surface area contributed by atoms with Crippen molar-refractivity contribution in [3.05, 3.63) is 40.9 Å². The predicted molar refractivity (Wildman–Crippen MR) is 99.5 cm³/mol. The summed E-state index contributed by atoms with van der Waals surface area (Å²) in [6.07, 6.45) is 0.915. The van der Waals surface area contributed by atoms with Crippen LogP contribution in [0.2, 0.25) is 0 Å². The van der Waals surface area contributed by atoms with Crippen molar-refractivity contribution in [1.82, 2.24) is 4.98 Å². The second kappa shape index (κ2) is 9.60. The van der Waals surface area contributed by atoms with Crippen LogP contribution in [0.25, 0.3) is 10.6 Å². The molecule has 0 spiro atoms. The quantitative estimate of drug-likeness (QED) is 0.536. The highest BCUT2D eigenvalue weighted by Crippen LogP contribution is 2.27. The molecule has 0 radical (unpaired) electrons. The highest BCUT2D eigenvalue weighted by Gasteiger charge is 2.11. The lowest BCUT2D eigenvalue weighted by molar-refractivity contribution is 0.472. The summed E-state index contributed by atoms with van der Waals surface area (Å²) in [5.74, 6) is -1.30. The van der Waals surface area contributed by atoms with Gasteiger partial charge in [0.15, 0.2) is 0 Å². The van der Waals surface area contributed by atoms with Crippen LogP contribution in [0.5, 0.6) is 0 Å². The zero-order valence-electron chi connectivity index (χ0n) is 13.3. The molecule has 2 N–H and O–H groups in total. The number of alkyl halides is 1. The summed E-state index contributed by atoms with van der Waals surface area (Å²) in [7, 11) is -8.59. The van der Waals surface area contributed by atoms with Gasteiger partial charge >= 0.3 is 0 Å². The number of aromatic nitrogens is 1. The maximum absolute atomic E-state index is 9.86. The Labute approximate surface area is 156 Å². The molecule has 25 heavy (non-hydrogen) atoms. The van der Waals surface area contributed by atoms with Gasteiger partial charge in [0.25, 0.3) is 20.2 Å². The third-order valence-electron chi connectivity index (χ3n) is 2.83. The van der Waals surface area contributed by atoms with Crippen molar-refractivity contribution in [2.45, 2.75) is 13.3 Å². The van der Waals surface area contributed by atoms with Crippen molar-refractivity contribution in [2.24, 2.45) is 0 Å². The molecule has 140 valence electrons. The molecule has 0 saturated carbocycles. The molecule has 2 aromatic rings. The fourth-order valence-electron chi connectivity index (χ4n) is 1.66. The number of aryl methyl sites for hydroxylation is 2. The van der Waals surface area contributed by atoms with Crippen LogP contribution in [0.4, 0.5) is 0 Å². The first kappa shape index (κ1) is 22.0. The summed E-state index contributed by atoms with van der Waals surface area (Å²) < 4.78 is 55.4. The van der Waals surface area contributed by atoms with E-state index in [1.165, 1.54) is 10.4 Å². The first-order valence-corrected chi connectivity index (χ1v) is 11.6. The molecule has 0 bridgehead atoms. The molecule has 1 aromatic heterocycles. The molecular formula is C14H18ClNO6S3. The highest BCUT2D eigenvalue weighted by molar-refractivity contribution is 7.89. The highest BCUT2D eigenvalue weighted by atomic mass is 35.5. The normalized spacial score (nSPS) is 11.7. The Morgan fingerprint density at radius 1 is 1.04 bits per heavy atom. The van der Waals surface area contributed by atoms with Gasteiger partial charge in [-0.2, -0.15) is 16.8 Å². The Balaban J connectivity index is 0.000000275. The number of benzene rings is 1. The van der Waals surface area contributed by atoms with E-state index in [-0.39, 0.29) is 0 Å². The molecule has 1 heterocycles. The van der Waals surface area contributed by atoms with Crippen LogP contribution in [-0.2, 0) is 26.7 Å². The van der Waals surface area contributed by atoms with Gasteiger partial charge in [0, 0.05) is 16.3 Å². The van der Waals surface area contributed by atoms with Crippen LogP contribution in [0.3, 0.4) is 0 Å². The molecule has 11 heteroatoms. The summed E-state index contributed by atoms with van der Waals surface area (Å²) in [6.45, 7) is 2.05. The maximum atomic E-state index is 9.86. The molecule has 2 rings (SSSR count). The number of hydrogen-bond acceptors (Lipinski definition) is 6. The van der Waals surface area contributed by atoms with Crippen LogP contribution >= 0.6 is 22.9 Å². The molecule has 0 amide bonds. The van der Waals surface area contributed by atoms with Crippen LogP contribution in [0, 0.1) is 6.92 Å². The molecule has 0 unspecified atom stereocenters.